The molecular formula is C18H27N. The Kier molecular flexibility index (Phi) is 3.42. The van der Waals surface area contributed by atoms with Gasteiger partial charge in [-0.15, -0.1) is 0 Å². The molecule has 1 aromatic carbocycles. The van der Waals surface area contributed by atoms with E-state index in [0.717, 1.165) is 5.92 Å². The van der Waals surface area contributed by atoms with Crippen LogP contribution in [0.2, 0.25) is 0 Å². The Balaban J connectivity index is 1.85. The summed E-state index contributed by atoms with van der Waals surface area (Å²) in [7, 11) is 0. The summed E-state index contributed by atoms with van der Waals surface area (Å²) in [5.41, 5.74) is 2.24. The first-order valence-electron chi connectivity index (χ1n) is 7.92. The van der Waals surface area contributed by atoms with Gasteiger partial charge in [0.15, 0.2) is 0 Å². The quantitative estimate of drug-likeness (QED) is 0.762. The van der Waals surface area contributed by atoms with Gasteiger partial charge in [0.1, 0.15) is 0 Å². The highest BCUT2D eigenvalue weighted by Gasteiger charge is 2.49. The minimum atomic E-state index is 0.648. The molecule has 3 rings (SSSR count). The molecule has 1 aliphatic heterocycles. The summed E-state index contributed by atoms with van der Waals surface area (Å²) >= 11 is 0. The van der Waals surface area contributed by atoms with Gasteiger partial charge >= 0.3 is 0 Å². The summed E-state index contributed by atoms with van der Waals surface area (Å²) in [6, 6.07) is 12.5. The van der Waals surface area contributed by atoms with Crippen molar-refractivity contribution in [3.8, 4) is 0 Å². The lowest BCUT2D eigenvalue weighted by molar-refractivity contribution is 0.0466. The summed E-state index contributed by atoms with van der Waals surface area (Å²) in [4.78, 5) is 2.77. The van der Waals surface area contributed by atoms with Crippen LogP contribution in [0.4, 0.5) is 0 Å². The van der Waals surface area contributed by atoms with Crippen LogP contribution in [-0.2, 0) is 0 Å². The van der Waals surface area contributed by atoms with Gasteiger partial charge in [-0.2, -0.15) is 0 Å². The highest BCUT2D eigenvalue weighted by Crippen LogP contribution is 2.58. The molecular weight excluding hydrogens is 230 g/mol. The molecule has 1 heteroatoms. The highest BCUT2D eigenvalue weighted by atomic mass is 15.2. The molecule has 1 nitrogen and oxygen atoms in total. The van der Waals surface area contributed by atoms with E-state index in [4.69, 9.17) is 0 Å². The van der Waals surface area contributed by atoms with Crippen molar-refractivity contribution in [3.63, 3.8) is 0 Å². The van der Waals surface area contributed by atoms with Gasteiger partial charge in [0.25, 0.3) is 0 Å². The minimum Gasteiger partial charge on any atom is -0.293 e. The van der Waals surface area contributed by atoms with Crippen molar-refractivity contribution in [2.24, 2.45) is 11.3 Å². The molecule has 0 bridgehead atoms. The van der Waals surface area contributed by atoms with Crippen LogP contribution in [0.15, 0.2) is 30.3 Å². The molecule has 104 valence electrons. The molecule has 2 aliphatic rings. The summed E-state index contributed by atoms with van der Waals surface area (Å²) < 4.78 is 0. The first-order valence-corrected chi connectivity index (χ1v) is 7.92. The third-order valence-corrected chi connectivity index (χ3v) is 5.56. The number of rotatable bonds is 3. The van der Waals surface area contributed by atoms with E-state index in [2.05, 4.69) is 56.0 Å². The molecule has 1 saturated heterocycles. The average Bonchev–Trinajstić information content (AvgIpc) is 3.18. The van der Waals surface area contributed by atoms with Crippen molar-refractivity contribution in [3.05, 3.63) is 35.9 Å². The van der Waals surface area contributed by atoms with Crippen molar-refractivity contribution in [2.45, 2.75) is 58.5 Å². The maximum Gasteiger partial charge on any atom is 0.0356 e. The normalized spacial score (nSPS) is 27.7. The summed E-state index contributed by atoms with van der Waals surface area (Å²) in [6.07, 6.45) is 5.75. The van der Waals surface area contributed by atoms with Crippen molar-refractivity contribution in [1.82, 2.24) is 4.90 Å². The van der Waals surface area contributed by atoms with Gasteiger partial charge in [-0.1, -0.05) is 44.2 Å². The zero-order valence-corrected chi connectivity index (χ0v) is 12.6. The molecule has 1 aromatic rings. The Labute approximate surface area is 118 Å². The smallest absolute Gasteiger partial charge is 0.0356 e. The van der Waals surface area contributed by atoms with Gasteiger partial charge in [0.05, 0.1) is 0 Å². The molecule has 0 N–H and O–H groups in total. The van der Waals surface area contributed by atoms with Crippen molar-refractivity contribution >= 4 is 0 Å². The fraction of sp³-hybridized carbons (Fsp3) is 0.667. The lowest BCUT2D eigenvalue weighted by Gasteiger charge is -2.45. The van der Waals surface area contributed by atoms with Gasteiger partial charge in [-0.3, -0.25) is 4.90 Å². The zero-order chi connectivity index (χ0) is 13.5. The van der Waals surface area contributed by atoms with E-state index in [1.807, 2.05) is 0 Å². The van der Waals surface area contributed by atoms with Crippen molar-refractivity contribution in [2.75, 3.05) is 6.54 Å². The maximum absolute atomic E-state index is 2.77. The van der Waals surface area contributed by atoms with Crippen LogP contribution in [0.3, 0.4) is 0 Å². The van der Waals surface area contributed by atoms with Crippen LogP contribution in [0, 0.1) is 11.3 Å². The Morgan fingerprint density at radius 1 is 1.05 bits per heavy atom. The minimum absolute atomic E-state index is 0.648. The zero-order valence-electron chi connectivity index (χ0n) is 12.6. The SMILES string of the molecule is CC(C)C(C)N1CCC2(CC2)C[C@H]1c1ccccc1. The average molecular weight is 257 g/mol. The number of nitrogens with zero attached hydrogens (tertiary/aromatic N) is 1. The molecule has 1 heterocycles. The Morgan fingerprint density at radius 3 is 2.32 bits per heavy atom. The Hall–Kier alpha value is -0.820. The van der Waals surface area contributed by atoms with Crippen LogP contribution >= 0.6 is 0 Å². The Morgan fingerprint density at radius 2 is 1.74 bits per heavy atom. The van der Waals surface area contributed by atoms with Crippen LogP contribution < -0.4 is 0 Å². The molecule has 2 fully saturated rings. The fourth-order valence-electron chi connectivity index (χ4n) is 3.64. The lowest BCUT2D eigenvalue weighted by atomic mass is 9.83. The number of hydrogen-bond donors (Lipinski definition) is 0. The molecule has 19 heavy (non-hydrogen) atoms. The largest absolute Gasteiger partial charge is 0.293 e. The van der Waals surface area contributed by atoms with Crippen LogP contribution in [0.1, 0.15) is 58.1 Å². The van der Waals surface area contributed by atoms with Gasteiger partial charge in [0.2, 0.25) is 0 Å². The summed E-state index contributed by atoms with van der Waals surface area (Å²) in [5.74, 6) is 0.736. The van der Waals surface area contributed by atoms with Crippen molar-refractivity contribution in [1.29, 1.82) is 0 Å². The second-order valence-electron chi connectivity index (χ2n) is 7.10. The predicted octanol–water partition coefficient (Wildman–Crippen LogP) is 4.65. The molecule has 1 saturated carbocycles. The van der Waals surface area contributed by atoms with Gasteiger partial charge in [-0.25, -0.2) is 0 Å². The lowest BCUT2D eigenvalue weighted by Crippen LogP contribution is -2.45. The van der Waals surface area contributed by atoms with Crippen LogP contribution in [0.5, 0.6) is 0 Å². The maximum atomic E-state index is 2.77. The van der Waals surface area contributed by atoms with Crippen molar-refractivity contribution < 1.29 is 0 Å². The number of likely N-dealkylation sites (tertiary alicyclic amines) is 1. The molecule has 2 atom stereocenters. The van der Waals surface area contributed by atoms with Crippen LogP contribution in [-0.4, -0.2) is 17.5 Å². The first kappa shape index (κ1) is 13.2. The highest BCUT2D eigenvalue weighted by molar-refractivity contribution is 5.21. The number of benzene rings is 1. The van der Waals surface area contributed by atoms with E-state index in [1.54, 1.807) is 0 Å². The molecule has 0 amide bonds. The molecule has 0 radical (unpaired) electrons. The van der Waals surface area contributed by atoms with E-state index in [1.165, 1.54) is 37.8 Å². The summed E-state index contributed by atoms with van der Waals surface area (Å²) in [6.45, 7) is 8.41. The monoisotopic (exact) mass is 257 g/mol. The van der Waals surface area contributed by atoms with Gasteiger partial charge in [-0.05, 0) is 56.0 Å². The third-order valence-electron chi connectivity index (χ3n) is 5.56. The second-order valence-corrected chi connectivity index (χ2v) is 7.10. The van der Waals surface area contributed by atoms with E-state index in [-0.39, 0.29) is 0 Å². The third kappa shape index (κ3) is 2.58. The summed E-state index contributed by atoms with van der Waals surface area (Å²) in [5, 5.41) is 0. The van der Waals surface area contributed by atoms with E-state index in [0.29, 0.717) is 17.5 Å². The van der Waals surface area contributed by atoms with E-state index in [9.17, 15) is 0 Å². The fourth-order valence-corrected chi connectivity index (χ4v) is 3.64. The molecule has 1 unspecified atom stereocenters. The molecule has 0 aromatic heterocycles. The topological polar surface area (TPSA) is 3.24 Å². The van der Waals surface area contributed by atoms with E-state index < -0.39 is 0 Å². The number of hydrogen-bond acceptors (Lipinski definition) is 1. The van der Waals surface area contributed by atoms with E-state index >= 15 is 0 Å². The predicted molar refractivity (Wildman–Crippen MR) is 81.1 cm³/mol. The van der Waals surface area contributed by atoms with Gasteiger partial charge < -0.3 is 0 Å². The number of piperidine rings is 1. The van der Waals surface area contributed by atoms with Crippen LogP contribution in [0.25, 0.3) is 0 Å². The Bertz CT molecular complexity index is 419. The second kappa shape index (κ2) is 4.94. The first-order chi connectivity index (χ1) is 9.11. The molecule has 1 spiro atoms. The molecule has 1 aliphatic carbocycles. The van der Waals surface area contributed by atoms with Gasteiger partial charge in [0, 0.05) is 12.1 Å². The standard InChI is InChI=1S/C18H27N/c1-14(2)15(3)19-12-11-18(9-10-18)13-17(19)16-7-5-4-6-8-16/h4-8,14-15,17H,9-13H2,1-3H3/t15?,17-/m0/s1.